The quantitative estimate of drug-likeness (QED) is 0.473. The lowest BCUT2D eigenvalue weighted by Gasteiger charge is -2.33. The zero-order valence-electron chi connectivity index (χ0n) is 15.9. The molecule has 2 atom stereocenters. The van der Waals surface area contributed by atoms with E-state index < -0.39 is 17.8 Å². The number of aromatic nitrogens is 2. The topological polar surface area (TPSA) is 85.7 Å². The second-order valence-electron chi connectivity index (χ2n) is 7.12. The smallest absolute Gasteiger partial charge is 0.321 e. The van der Waals surface area contributed by atoms with E-state index in [1.807, 2.05) is 6.07 Å². The molecular formula is C21H15Cl2N3O4. The number of aliphatic imine (C=N–C) groups is 1. The zero-order valence-corrected chi connectivity index (χ0v) is 17.4. The Balaban J connectivity index is 1.79. The maximum Gasteiger partial charge on any atom is 0.321 e. The number of esters is 1. The predicted octanol–water partition coefficient (Wildman–Crippen LogP) is 4.25. The number of halogens is 2. The highest BCUT2D eigenvalue weighted by Gasteiger charge is 2.47. The molecule has 2 aliphatic heterocycles. The van der Waals surface area contributed by atoms with Gasteiger partial charge >= 0.3 is 5.97 Å². The van der Waals surface area contributed by atoms with Crippen LogP contribution >= 0.6 is 23.2 Å². The zero-order chi connectivity index (χ0) is 21.2. The summed E-state index contributed by atoms with van der Waals surface area (Å²) < 4.78 is 12.2. The molecule has 152 valence electrons. The van der Waals surface area contributed by atoms with E-state index >= 15 is 0 Å². The van der Waals surface area contributed by atoms with Crippen molar-refractivity contribution >= 4 is 40.7 Å². The van der Waals surface area contributed by atoms with Gasteiger partial charge in [0.1, 0.15) is 5.92 Å². The average molecular weight is 444 g/mol. The fraction of sp³-hybridized carbons (Fsp3) is 0.190. The van der Waals surface area contributed by atoms with Crippen molar-refractivity contribution in [3.63, 3.8) is 0 Å². The van der Waals surface area contributed by atoms with Crippen LogP contribution < -0.4 is 15.0 Å². The number of carbonyl (C=O) groups excluding carboxylic acids is 1. The molecule has 2 aliphatic rings. The number of carbonyl (C=O) groups is 1. The largest absolute Gasteiger partial charge is 0.493 e. The summed E-state index contributed by atoms with van der Waals surface area (Å²) in [5, 5.41) is 3.80. The first kappa shape index (κ1) is 19.0. The van der Waals surface area contributed by atoms with Crippen LogP contribution in [0.25, 0.3) is 5.69 Å². The Morgan fingerprint density at radius 3 is 2.73 bits per heavy atom. The molecule has 9 heteroatoms. The van der Waals surface area contributed by atoms with Gasteiger partial charge in [-0.25, -0.2) is 9.67 Å². The maximum absolute atomic E-state index is 13.5. The lowest BCUT2D eigenvalue weighted by atomic mass is 9.75. The van der Waals surface area contributed by atoms with Gasteiger partial charge in [0.05, 0.1) is 23.4 Å². The number of nitrogens with zero attached hydrogens (tertiary/aromatic N) is 2. The van der Waals surface area contributed by atoms with Crippen LogP contribution in [0.4, 0.5) is 5.82 Å². The maximum atomic E-state index is 13.5. The van der Waals surface area contributed by atoms with E-state index in [1.165, 1.54) is 11.8 Å². The Bertz CT molecular complexity index is 1310. The number of hydrogen-bond donors (Lipinski definition) is 1. The normalized spacial score (nSPS) is 19.3. The van der Waals surface area contributed by atoms with E-state index in [4.69, 9.17) is 32.7 Å². The van der Waals surface area contributed by atoms with Crippen molar-refractivity contribution in [2.24, 2.45) is 10.9 Å². The van der Waals surface area contributed by atoms with E-state index in [0.29, 0.717) is 49.9 Å². The lowest BCUT2D eigenvalue weighted by molar-refractivity contribution is -0.138. The van der Waals surface area contributed by atoms with Crippen LogP contribution in [0, 0.1) is 5.92 Å². The van der Waals surface area contributed by atoms with Crippen molar-refractivity contribution < 1.29 is 14.3 Å². The van der Waals surface area contributed by atoms with Crippen molar-refractivity contribution in [1.29, 1.82) is 0 Å². The summed E-state index contributed by atoms with van der Waals surface area (Å²) in [4.78, 5) is 30.8. The Labute approximate surface area is 180 Å². The van der Waals surface area contributed by atoms with Gasteiger partial charge in [-0.05, 0) is 31.2 Å². The summed E-state index contributed by atoms with van der Waals surface area (Å²) in [7, 11) is 1.50. The van der Waals surface area contributed by atoms with Gasteiger partial charge in [-0.2, -0.15) is 0 Å². The number of rotatable bonds is 2. The third-order valence-corrected chi connectivity index (χ3v) is 6.01. The first-order chi connectivity index (χ1) is 14.4. The number of H-pyrrole nitrogens is 1. The molecule has 0 amide bonds. The van der Waals surface area contributed by atoms with Gasteiger partial charge in [0.2, 0.25) is 0 Å². The Hall–Kier alpha value is -3.03. The first-order valence-corrected chi connectivity index (χ1v) is 9.90. The van der Waals surface area contributed by atoms with Crippen LogP contribution in [-0.4, -0.2) is 28.6 Å². The molecule has 0 radical (unpaired) electrons. The summed E-state index contributed by atoms with van der Waals surface area (Å²) in [6.45, 7) is 1.75. The molecule has 2 aromatic carbocycles. The molecule has 3 aromatic rings. The van der Waals surface area contributed by atoms with Gasteiger partial charge < -0.3 is 9.47 Å². The van der Waals surface area contributed by atoms with E-state index in [1.54, 1.807) is 37.3 Å². The van der Waals surface area contributed by atoms with Crippen LogP contribution in [0.1, 0.15) is 24.0 Å². The van der Waals surface area contributed by atoms with Crippen molar-refractivity contribution in [3.8, 4) is 17.2 Å². The van der Waals surface area contributed by atoms with Gasteiger partial charge in [0, 0.05) is 22.2 Å². The second-order valence-corrected chi connectivity index (χ2v) is 7.96. The van der Waals surface area contributed by atoms with Crippen LogP contribution in [0.2, 0.25) is 10.0 Å². The summed E-state index contributed by atoms with van der Waals surface area (Å²) in [6, 6.07) is 10.2. The van der Waals surface area contributed by atoms with Crippen molar-refractivity contribution in [3.05, 3.63) is 67.9 Å². The van der Waals surface area contributed by atoms with Gasteiger partial charge in [-0.3, -0.25) is 14.7 Å². The molecular weight excluding hydrogens is 429 g/mol. The third-order valence-electron chi connectivity index (χ3n) is 5.46. The van der Waals surface area contributed by atoms with Gasteiger partial charge in [-0.1, -0.05) is 35.3 Å². The Kier molecular flexibility index (Phi) is 4.27. The summed E-state index contributed by atoms with van der Waals surface area (Å²) in [6.07, 6.45) is 0. The Morgan fingerprint density at radius 2 is 1.97 bits per heavy atom. The minimum absolute atomic E-state index is 0.319. The molecule has 30 heavy (non-hydrogen) atoms. The number of ether oxygens (including phenoxy) is 2. The predicted molar refractivity (Wildman–Crippen MR) is 113 cm³/mol. The van der Waals surface area contributed by atoms with Gasteiger partial charge in [-0.15, -0.1) is 0 Å². The molecule has 1 N–H and O–H groups in total. The molecule has 2 unspecified atom stereocenters. The van der Waals surface area contributed by atoms with Crippen molar-refractivity contribution in [2.45, 2.75) is 12.8 Å². The summed E-state index contributed by atoms with van der Waals surface area (Å²) in [5.74, 6) is -0.625. The van der Waals surface area contributed by atoms with Crippen LogP contribution in [0.5, 0.6) is 11.5 Å². The first-order valence-electron chi connectivity index (χ1n) is 9.14. The highest BCUT2D eigenvalue weighted by Crippen LogP contribution is 2.49. The SMILES string of the molecule is COc1cccc2c1OC(=O)C1C(C)=Nc3[nH]n(-c4cc(Cl)ccc4Cl)c(=O)c3C21. The van der Waals surface area contributed by atoms with Crippen molar-refractivity contribution in [1.82, 2.24) is 9.78 Å². The fourth-order valence-corrected chi connectivity index (χ4v) is 4.51. The van der Waals surface area contributed by atoms with Crippen LogP contribution in [0.15, 0.2) is 46.2 Å². The average Bonchev–Trinajstić information content (AvgIpc) is 3.04. The van der Waals surface area contributed by atoms with Crippen molar-refractivity contribution in [2.75, 3.05) is 7.11 Å². The standard InChI is InChI=1S/C21H15Cl2N3O4/c1-9-15-16(11-4-3-5-14(29-2)18(11)30-21(15)28)17-19(24-9)25-26(20(17)27)13-8-10(22)6-7-12(13)23/h3-8,15-16,25H,1-2H3. The minimum Gasteiger partial charge on any atom is -0.493 e. The highest BCUT2D eigenvalue weighted by atomic mass is 35.5. The minimum atomic E-state index is -0.705. The van der Waals surface area contributed by atoms with E-state index in [2.05, 4.69) is 10.1 Å². The third kappa shape index (κ3) is 2.62. The molecule has 0 aliphatic carbocycles. The molecule has 0 saturated heterocycles. The van der Waals surface area contributed by atoms with Gasteiger partial charge in [0.25, 0.3) is 5.56 Å². The van der Waals surface area contributed by atoms with E-state index in [0.717, 1.165) is 0 Å². The van der Waals surface area contributed by atoms with E-state index in [-0.39, 0.29) is 5.56 Å². The Morgan fingerprint density at radius 1 is 1.17 bits per heavy atom. The molecule has 0 bridgehead atoms. The molecule has 7 nitrogen and oxygen atoms in total. The van der Waals surface area contributed by atoms with Crippen LogP contribution in [0.3, 0.4) is 0 Å². The number of fused-ring (bicyclic) bond motifs is 5. The highest BCUT2D eigenvalue weighted by molar-refractivity contribution is 6.34. The molecule has 1 aromatic heterocycles. The number of nitrogens with one attached hydrogen (secondary N) is 1. The number of benzene rings is 2. The summed E-state index contributed by atoms with van der Waals surface area (Å²) >= 11 is 12.4. The van der Waals surface area contributed by atoms with E-state index in [9.17, 15) is 9.59 Å². The molecule has 0 spiro atoms. The molecule has 0 saturated carbocycles. The monoisotopic (exact) mass is 443 g/mol. The molecule has 3 heterocycles. The van der Waals surface area contributed by atoms with Crippen LogP contribution in [-0.2, 0) is 4.79 Å². The molecule has 5 rings (SSSR count). The number of aromatic amines is 1. The number of hydrogen-bond acceptors (Lipinski definition) is 5. The molecule has 0 fully saturated rings. The fourth-order valence-electron chi connectivity index (χ4n) is 4.14. The number of para-hydroxylation sites is 1. The van der Waals surface area contributed by atoms with Gasteiger partial charge in [0.15, 0.2) is 17.3 Å². The summed E-state index contributed by atoms with van der Waals surface area (Å²) in [5.41, 5.74) is 1.65. The number of methoxy groups -OCH3 is 1. The second kappa shape index (κ2) is 6.75. The lowest BCUT2D eigenvalue weighted by Crippen LogP contribution is -2.40.